The number of alkyl halides is 1. The molecule has 1 unspecified atom stereocenters. The van der Waals surface area contributed by atoms with E-state index in [0.29, 0.717) is 12.2 Å². The molecule has 0 bridgehead atoms. The summed E-state index contributed by atoms with van der Waals surface area (Å²) in [5.41, 5.74) is 0.811. The van der Waals surface area contributed by atoms with Gasteiger partial charge >= 0.3 is 0 Å². The summed E-state index contributed by atoms with van der Waals surface area (Å²) in [5, 5.41) is -0.446. The topological polar surface area (TPSA) is 55.4 Å². The van der Waals surface area contributed by atoms with Crippen molar-refractivity contribution in [3.8, 4) is 5.75 Å². The molecule has 0 radical (unpaired) electrons. The third kappa shape index (κ3) is 3.87. The Morgan fingerprint density at radius 1 is 1.41 bits per heavy atom. The van der Waals surface area contributed by atoms with Crippen molar-refractivity contribution in [3.05, 3.63) is 29.8 Å². The molecule has 6 heteroatoms. The van der Waals surface area contributed by atoms with Gasteiger partial charge in [-0.05, 0) is 12.5 Å². The van der Waals surface area contributed by atoms with E-state index in [-0.39, 0.29) is 6.04 Å². The van der Waals surface area contributed by atoms with Crippen LogP contribution < -0.4 is 9.46 Å². The Kier molecular flexibility index (Phi) is 5.24. The number of rotatable bonds is 6. The second-order valence-corrected chi connectivity index (χ2v) is 5.88. The normalized spacial score (nSPS) is 13.4. The lowest BCUT2D eigenvalue weighted by atomic mass is 10.0. The largest absolute Gasteiger partial charge is 0.496 e. The van der Waals surface area contributed by atoms with Crippen LogP contribution in [0.1, 0.15) is 24.9 Å². The van der Waals surface area contributed by atoms with Crippen LogP contribution in [0.25, 0.3) is 0 Å². The fourth-order valence-electron chi connectivity index (χ4n) is 1.57. The summed E-state index contributed by atoms with van der Waals surface area (Å²) in [4.78, 5) is 0. The van der Waals surface area contributed by atoms with Gasteiger partial charge in [0.15, 0.2) is 0 Å². The highest BCUT2D eigenvalue weighted by molar-refractivity contribution is 7.90. The third-order valence-corrected chi connectivity index (χ3v) is 4.18. The number of hydrogen-bond acceptors (Lipinski definition) is 3. The summed E-state index contributed by atoms with van der Waals surface area (Å²) >= 11 is 5.37. The molecule has 4 nitrogen and oxygen atoms in total. The van der Waals surface area contributed by atoms with Crippen LogP contribution in [0.4, 0.5) is 0 Å². The average molecular weight is 278 g/mol. The molecule has 0 heterocycles. The highest BCUT2D eigenvalue weighted by Crippen LogP contribution is 2.27. The van der Waals surface area contributed by atoms with Gasteiger partial charge in [-0.25, -0.2) is 13.1 Å². The molecule has 0 aliphatic rings. The van der Waals surface area contributed by atoms with Gasteiger partial charge in [-0.15, -0.1) is 11.6 Å². The first-order valence-electron chi connectivity index (χ1n) is 5.23. The first-order valence-corrected chi connectivity index (χ1v) is 7.41. The summed E-state index contributed by atoms with van der Waals surface area (Å²) in [6.07, 6.45) is 0.622. The number of hydrogen-bond donors (Lipinski definition) is 1. The fourth-order valence-corrected chi connectivity index (χ4v) is 2.55. The lowest BCUT2D eigenvalue weighted by molar-refractivity contribution is 0.402. The molecule has 96 valence electrons. The van der Waals surface area contributed by atoms with Gasteiger partial charge in [-0.2, -0.15) is 0 Å². The molecule has 1 rings (SSSR count). The van der Waals surface area contributed by atoms with Gasteiger partial charge in [0.1, 0.15) is 11.0 Å². The van der Waals surface area contributed by atoms with Crippen LogP contribution in [0, 0.1) is 0 Å². The first-order chi connectivity index (χ1) is 8.04. The van der Waals surface area contributed by atoms with Gasteiger partial charge in [0.05, 0.1) is 13.2 Å². The molecule has 0 saturated carbocycles. The van der Waals surface area contributed by atoms with E-state index in [9.17, 15) is 8.42 Å². The number of sulfonamides is 1. The first kappa shape index (κ1) is 14.3. The lowest BCUT2D eigenvalue weighted by Gasteiger charge is -2.19. The molecule has 0 amide bonds. The molecular formula is C11H16ClNO3S. The van der Waals surface area contributed by atoms with Crippen LogP contribution in [0.3, 0.4) is 0 Å². The zero-order valence-electron chi connectivity index (χ0n) is 9.81. The van der Waals surface area contributed by atoms with Crippen molar-refractivity contribution in [2.75, 3.05) is 12.3 Å². The van der Waals surface area contributed by atoms with Crippen LogP contribution in [0.15, 0.2) is 24.3 Å². The molecule has 0 spiro atoms. The summed E-state index contributed by atoms with van der Waals surface area (Å²) < 4.78 is 30.7. The average Bonchev–Trinajstić information content (AvgIpc) is 2.36. The molecule has 0 aliphatic heterocycles. The highest BCUT2D eigenvalue weighted by atomic mass is 35.5. The zero-order valence-corrected chi connectivity index (χ0v) is 11.4. The van der Waals surface area contributed by atoms with Crippen LogP contribution in [-0.2, 0) is 10.0 Å². The standard InChI is InChI=1S/C11H16ClNO3S/c1-3-10(13-17(14,15)8-12)9-6-4-5-7-11(9)16-2/h4-7,10,13H,3,8H2,1-2H3. The van der Waals surface area contributed by atoms with Crippen molar-refractivity contribution in [1.29, 1.82) is 0 Å². The van der Waals surface area contributed by atoms with Gasteiger partial charge in [-0.3, -0.25) is 0 Å². The number of methoxy groups -OCH3 is 1. The van der Waals surface area contributed by atoms with Crippen molar-refractivity contribution in [1.82, 2.24) is 4.72 Å². The molecule has 0 aromatic heterocycles. The van der Waals surface area contributed by atoms with Gasteiger partial charge < -0.3 is 4.74 Å². The second-order valence-electron chi connectivity index (χ2n) is 3.54. The van der Waals surface area contributed by atoms with Crippen LogP contribution in [0.2, 0.25) is 0 Å². The van der Waals surface area contributed by atoms with Gasteiger partial charge in [-0.1, -0.05) is 25.1 Å². The Balaban J connectivity index is 3.02. The minimum Gasteiger partial charge on any atom is -0.496 e. The summed E-state index contributed by atoms with van der Waals surface area (Å²) in [5.74, 6) is 0.664. The lowest BCUT2D eigenvalue weighted by Crippen LogP contribution is -2.29. The Hall–Kier alpha value is -0.780. The molecule has 1 atom stereocenters. The Bertz CT molecular complexity index is 462. The van der Waals surface area contributed by atoms with E-state index < -0.39 is 15.2 Å². The van der Waals surface area contributed by atoms with Gasteiger partial charge in [0.2, 0.25) is 10.0 Å². The van der Waals surface area contributed by atoms with Crippen LogP contribution in [-0.4, -0.2) is 20.7 Å². The SMILES string of the molecule is CCC(NS(=O)(=O)CCl)c1ccccc1OC. The molecule has 1 N–H and O–H groups in total. The van der Waals surface area contributed by atoms with Crippen LogP contribution in [0.5, 0.6) is 5.75 Å². The van der Waals surface area contributed by atoms with Crippen molar-refractivity contribution in [3.63, 3.8) is 0 Å². The molecule has 17 heavy (non-hydrogen) atoms. The molecule has 1 aromatic carbocycles. The predicted octanol–water partition coefficient (Wildman–Crippen LogP) is 2.26. The van der Waals surface area contributed by atoms with E-state index in [1.807, 2.05) is 25.1 Å². The number of benzene rings is 1. The minimum absolute atomic E-state index is 0.324. The van der Waals surface area contributed by atoms with E-state index in [4.69, 9.17) is 16.3 Å². The van der Waals surface area contributed by atoms with E-state index in [1.165, 1.54) is 0 Å². The van der Waals surface area contributed by atoms with E-state index in [0.717, 1.165) is 5.56 Å². The quantitative estimate of drug-likeness (QED) is 0.812. The summed E-state index contributed by atoms with van der Waals surface area (Å²) in [6.45, 7) is 1.90. The molecule has 0 aliphatic carbocycles. The maximum absolute atomic E-state index is 11.5. The van der Waals surface area contributed by atoms with Crippen LogP contribution >= 0.6 is 11.6 Å². The summed E-state index contributed by atoms with van der Waals surface area (Å²) in [6, 6.07) is 6.99. The van der Waals surface area contributed by atoms with E-state index in [2.05, 4.69) is 4.72 Å². The molecule has 1 aromatic rings. The van der Waals surface area contributed by atoms with Crippen molar-refractivity contribution in [2.45, 2.75) is 19.4 Å². The summed E-state index contributed by atoms with van der Waals surface area (Å²) in [7, 11) is -1.89. The third-order valence-electron chi connectivity index (χ3n) is 2.39. The highest BCUT2D eigenvalue weighted by Gasteiger charge is 2.19. The molecular weight excluding hydrogens is 262 g/mol. The maximum atomic E-state index is 11.5. The smallest absolute Gasteiger partial charge is 0.226 e. The Morgan fingerprint density at radius 3 is 2.59 bits per heavy atom. The predicted molar refractivity (Wildman–Crippen MR) is 68.8 cm³/mol. The monoisotopic (exact) mass is 277 g/mol. The van der Waals surface area contributed by atoms with E-state index >= 15 is 0 Å². The minimum atomic E-state index is -3.44. The van der Waals surface area contributed by atoms with E-state index in [1.54, 1.807) is 13.2 Å². The van der Waals surface area contributed by atoms with Gasteiger partial charge in [0.25, 0.3) is 0 Å². The number of nitrogens with one attached hydrogen (secondary N) is 1. The number of ether oxygens (including phenoxy) is 1. The van der Waals surface area contributed by atoms with Crippen molar-refractivity contribution in [2.24, 2.45) is 0 Å². The number of para-hydroxylation sites is 1. The number of halogens is 1. The molecule has 0 fully saturated rings. The Morgan fingerprint density at radius 2 is 2.06 bits per heavy atom. The Labute approximate surface area is 107 Å². The second kappa shape index (κ2) is 6.23. The van der Waals surface area contributed by atoms with Crippen molar-refractivity contribution >= 4 is 21.6 Å². The zero-order chi connectivity index (χ0) is 12.9. The fraction of sp³-hybridized carbons (Fsp3) is 0.455. The van der Waals surface area contributed by atoms with Gasteiger partial charge in [0, 0.05) is 5.56 Å². The molecule has 0 saturated heterocycles. The van der Waals surface area contributed by atoms with Crippen molar-refractivity contribution < 1.29 is 13.2 Å². The maximum Gasteiger partial charge on any atom is 0.226 e.